The second-order valence-electron chi connectivity index (χ2n) is 5.82. The number of primary amides is 1. The minimum Gasteiger partial charge on any atom is -0.490 e. The summed E-state index contributed by atoms with van der Waals surface area (Å²) >= 11 is 0. The molecule has 0 unspecified atom stereocenters. The molecule has 2 amide bonds. The standard InChI is InChI=1S/C20H25N3O4/c1-4-26-17-11-10-16(12-18(17)27-5-2)22-13(3)20(25)23-15-8-6-14(7-9-15)19(21)24/h6-13,22H,4-5H2,1-3H3,(H2,21,24)(H,23,25)/t13-/m0/s1. The topological polar surface area (TPSA) is 103 Å². The van der Waals surface area contributed by atoms with Gasteiger partial charge in [0.05, 0.1) is 13.2 Å². The molecule has 2 aromatic rings. The van der Waals surface area contributed by atoms with Crippen molar-refractivity contribution in [3.63, 3.8) is 0 Å². The van der Waals surface area contributed by atoms with Gasteiger partial charge in [-0.15, -0.1) is 0 Å². The van der Waals surface area contributed by atoms with Gasteiger partial charge >= 0.3 is 0 Å². The first kappa shape index (κ1) is 20.1. The third kappa shape index (κ3) is 5.64. The molecular formula is C20H25N3O4. The molecule has 4 N–H and O–H groups in total. The molecule has 144 valence electrons. The fourth-order valence-electron chi connectivity index (χ4n) is 2.42. The largest absolute Gasteiger partial charge is 0.490 e. The summed E-state index contributed by atoms with van der Waals surface area (Å²) in [5.41, 5.74) is 6.92. The maximum absolute atomic E-state index is 12.4. The predicted molar refractivity (Wildman–Crippen MR) is 105 cm³/mol. The number of amides is 2. The molecule has 0 aliphatic rings. The first-order valence-corrected chi connectivity index (χ1v) is 8.81. The summed E-state index contributed by atoms with van der Waals surface area (Å²) in [7, 11) is 0. The lowest BCUT2D eigenvalue weighted by Gasteiger charge is -2.17. The Kier molecular flexibility index (Phi) is 7.05. The molecule has 0 bridgehead atoms. The molecule has 0 spiro atoms. The van der Waals surface area contributed by atoms with Crippen molar-refractivity contribution in [2.75, 3.05) is 23.8 Å². The molecule has 2 rings (SSSR count). The van der Waals surface area contributed by atoms with Crippen molar-refractivity contribution >= 4 is 23.2 Å². The number of carbonyl (C=O) groups is 2. The van der Waals surface area contributed by atoms with Crippen molar-refractivity contribution in [1.29, 1.82) is 0 Å². The quantitative estimate of drug-likeness (QED) is 0.629. The predicted octanol–water partition coefficient (Wildman–Crippen LogP) is 3.02. The highest BCUT2D eigenvalue weighted by Gasteiger charge is 2.14. The van der Waals surface area contributed by atoms with Crippen LogP contribution in [0.4, 0.5) is 11.4 Å². The highest BCUT2D eigenvalue weighted by atomic mass is 16.5. The van der Waals surface area contributed by atoms with Gasteiger partial charge < -0.3 is 25.8 Å². The van der Waals surface area contributed by atoms with Crippen LogP contribution in [0, 0.1) is 0 Å². The fourth-order valence-corrected chi connectivity index (χ4v) is 2.42. The molecule has 0 aliphatic heterocycles. The summed E-state index contributed by atoms with van der Waals surface area (Å²) in [6, 6.07) is 11.4. The summed E-state index contributed by atoms with van der Waals surface area (Å²) < 4.78 is 11.1. The van der Waals surface area contributed by atoms with Gasteiger partial charge in [0.15, 0.2) is 11.5 Å². The summed E-state index contributed by atoms with van der Waals surface area (Å²) in [5.74, 6) is 0.563. The summed E-state index contributed by atoms with van der Waals surface area (Å²) in [6.07, 6.45) is 0. The van der Waals surface area contributed by atoms with Crippen molar-refractivity contribution < 1.29 is 19.1 Å². The Balaban J connectivity index is 2.02. The zero-order valence-electron chi connectivity index (χ0n) is 15.7. The van der Waals surface area contributed by atoms with Crippen LogP contribution < -0.4 is 25.8 Å². The number of rotatable bonds is 9. The number of hydrogen-bond acceptors (Lipinski definition) is 5. The Morgan fingerprint density at radius 1 is 0.963 bits per heavy atom. The molecule has 1 atom stereocenters. The van der Waals surface area contributed by atoms with Crippen molar-refractivity contribution in [2.45, 2.75) is 26.8 Å². The van der Waals surface area contributed by atoms with E-state index >= 15 is 0 Å². The van der Waals surface area contributed by atoms with Crippen LogP contribution in [-0.4, -0.2) is 31.1 Å². The second kappa shape index (κ2) is 9.47. The van der Waals surface area contributed by atoms with Crippen LogP contribution in [0.5, 0.6) is 11.5 Å². The number of benzene rings is 2. The number of nitrogens with two attached hydrogens (primary N) is 1. The van der Waals surface area contributed by atoms with Gasteiger partial charge in [0.2, 0.25) is 11.8 Å². The van der Waals surface area contributed by atoms with E-state index in [2.05, 4.69) is 10.6 Å². The van der Waals surface area contributed by atoms with Gasteiger partial charge in [-0.1, -0.05) is 0 Å². The Labute approximate surface area is 158 Å². The molecule has 0 heterocycles. The number of ether oxygens (including phenoxy) is 2. The SMILES string of the molecule is CCOc1ccc(N[C@@H](C)C(=O)Nc2ccc(C(N)=O)cc2)cc1OCC. The summed E-state index contributed by atoms with van der Waals surface area (Å²) in [4.78, 5) is 23.5. The van der Waals surface area contributed by atoms with Gasteiger partial charge in [0.25, 0.3) is 0 Å². The Hall–Kier alpha value is -3.22. The molecule has 7 heteroatoms. The van der Waals surface area contributed by atoms with Gasteiger partial charge in [-0.05, 0) is 57.2 Å². The van der Waals surface area contributed by atoms with Crippen molar-refractivity contribution in [3.8, 4) is 11.5 Å². The smallest absolute Gasteiger partial charge is 0.248 e. The van der Waals surface area contributed by atoms with Crippen LogP contribution in [0.25, 0.3) is 0 Å². The lowest BCUT2D eigenvalue weighted by atomic mass is 10.2. The van der Waals surface area contributed by atoms with Gasteiger partial charge in [0, 0.05) is 23.0 Å². The minimum absolute atomic E-state index is 0.214. The maximum atomic E-state index is 12.4. The van der Waals surface area contributed by atoms with E-state index in [0.29, 0.717) is 36.0 Å². The van der Waals surface area contributed by atoms with E-state index < -0.39 is 11.9 Å². The van der Waals surface area contributed by atoms with Crippen molar-refractivity contribution in [2.24, 2.45) is 5.73 Å². The molecule has 0 aliphatic carbocycles. The minimum atomic E-state index is -0.511. The van der Waals surface area contributed by atoms with Crippen LogP contribution in [0.1, 0.15) is 31.1 Å². The van der Waals surface area contributed by atoms with E-state index in [1.165, 1.54) is 0 Å². The van der Waals surface area contributed by atoms with E-state index in [4.69, 9.17) is 15.2 Å². The summed E-state index contributed by atoms with van der Waals surface area (Å²) in [6.45, 7) is 6.62. The van der Waals surface area contributed by atoms with Gasteiger partial charge in [-0.3, -0.25) is 9.59 Å². The van der Waals surface area contributed by atoms with E-state index in [9.17, 15) is 9.59 Å². The summed E-state index contributed by atoms with van der Waals surface area (Å²) in [5, 5.41) is 5.93. The van der Waals surface area contributed by atoms with E-state index in [-0.39, 0.29) is 5.91 Å². The molecule has 0 radical (unpaired) electrons. The molecule has 2 aromatic carbocycles. The van der Waals surface area contributed by atoms with E-state index in [1.54, 1.807) is 37.3 Å². The van der Waals surface area contributed by atoms with Gasteiger partial charge in [-0.2, -0.15) is 0 Å². The third-order valence-electron chi connectivity index (χ3n) is 3.76. The fraction of sp³-hybridized carbons (Fsp3) is 0.300. The van der Waals surface area contributed by atoms with E-state index in [0.717, 1.165) is 5.69 Å². The first-order chi connectivity index (χ1) is 12.9. The van der Waals surface area contributed by atoms with Crippen LogP contribution in [0.3, 0.4) is 0 Å². The van der Waals surface area contributed by atoms with Crippen molar-refractivity contribution in [3.05, 3.63) is 48.0 Å². The Morgan fingerprint density at radius 3 is 2.15 bits per heavy atom. The van der Waals surface area contributed by atoms with E-state index in [1.807, 2.05) is 26.0 Å². The number of carbonyl (C=O) groups excluding carboxylic acids is 2. The highest BCUT2D eigenvalue weighted by molar-refractivity contribution is 5.97. The molecule has 7 nitrogen and oxygen atoms in total. The highest BCUT2D eigenvalue weighted by Crippen LogP contribution is 2.30. The molecule has 27 heavy (non-hydrogen) atoms. The molecule has 0 fully saturated rings. The molecule has 0 saturated heterocycles. The third-order valence-corrected chi connectivity index (χ3v) is 3.76. The first-order valence-electron chi connectivity index (χ1n) is 8.81. The van der Waals surface area contributed by atoms with Crippen LogP contribution in [-0.2, 0) is 4.79 Å². The van der Waals surface area contributed by atoms with Gasteiger partial charge in [0.1, 0.15) is 6.04 Å². The number of nitrogens with one attached hydrogen (secondary N) is 2. The maximum Gasteiger partial charge on any atom is 0.248 e. The normalized spacial score (nSPS) is 11.4. The zero-order valence-corrected chi connectivity index (χ0v) is 15.7. The average molecular weight is 371 g/mol. The van der Waals surface area contributed by atoms with Crippen LogP contribution in [0.15, 0.2) is 42.5 Å². The number of hydrogen-bond donors (Lipinski definition) is 3. The molecule has 0 aromatic heterocycles. The average Bonchev–Trinajstić information content (AvgIpc) is 2.64. The zero-order chi connectivity index (χ0) is 19.8. The molecule has 0 saturated carbocycles. The molecular weight excluding hydrogens is 346 g/mol. The Bertz CT molecular complexity index is 790. The monoisotopic (exact) mass is 371 g/mol. The van der Waals surface area contributed by atoms with Crippen LogP contribution in [0.2, 0.25) is 0 Å². The second-order valence-corrected chi connectivity index (χ2v) is 5.82. The number of anilines is 2. The van der Waals surface area contributed by atoms with Crippen molar-refractivity contribution in [1.82, 2.24) is 0 Å². The lowest BCUT2D eigenvalue weighted by Crippen LogP contribution is -2.31. The van der Waals surface area contributed by atoms with Crippen LogP contribution >= 0.6 is 0 Å². The Morgan fingerprint density at radius 2 is 1.56 bits per heavy atom. The van der Waals surface area contributed by atoms with Gasteiger partial charge in [-0.25, -0.2) is 0 Å². The lowest BCUT2D eigenvalue weighted by molar-refractivity contribution is -0.116.